The third-order valence-electron chi connectivity index (χ3n) is 13.5. The summed E-state index contributed by atoms with van der Waals surface area (Å²) in [6, 6.07) is 46.5. The van der Waals surface area contributed by atoms with Crippen LogP contribution in [-0.2, 0) is 10.8 Å². The van der Waals surface area contributed by atoms with E-state index in [1.807, 2.05) is 0 Å². The molecule has 8 aromatic carbocycles. The van der Waals surface area contributed by atoms with Gasteiger partial charge >= 0.3 is 0 Å². The SMILES string of the molecule is [B]c1cc(-c2ccc3c(c2)C(C)(C)c2ccccc2-3)c2ccc3c(C4CCCC4)cc(-c4ccc5c(c4)C(C)(C)c4ccccc4-5)c4ccc1c2c43. The first-order valence-electron chi connectivity index (χ1n) is 19.3. The standard InChI is InChI=1S/C51H41B/c1-50(2)43-15-9-7-13-32(43)34-19-17-30(25-45(34)50)41-27-40(29-11-5-6-12-29)36-21-22-38-42(28-47(52)39-24-23-37(41)48(36)49(38)39)31-18-20-35-33-14-8-10-16-44(33)51(3,4)46(35)26-31/h7-10,13-29H,5-6,11-12H2,1-4H3. The van der Waals surface area contributed by atoms with Gasteiger partial charge in [-0.05, 0) is 142 Å². The van der Waals surface area contributed by atoms with Crippen molar-refractivity contribution in [2.45, 2.75) is 70.1 Å². The highest BCUT2D eigenvalue weighted by Crippen LogP contribution is 2.53. The molecule has 0 N–H and O–H groups in total. The molecule has 3 aliphatic rings. The fourth-order valence-corrected chi connectivity index (χ4v) is 10.8. The van der Waals surface area contributed by atoms with E-state index in [-0.39, 0.29) is 10.8 Å². The zero-order valence-electron chi connectivity index (χ0n) is 30.5. The number of benzene rings is 8. The second-order valence-corrected chi connectivity index (χ2v) is 16.9. The second-order valence-electron chi connectivity index (χ2n) is 16.9. The van der Waals surface area contributed by atoms with Crippen LogP contribution in [0.1, 0.15) is 87.1 Å². The van der Waals surface area contributed by atoms with Crippen LogP contribution in [-0.4, -0.2) is 7.85 Å². The maximum Gasteiger partial charge on any atom is 0.114 e. The Balaban J connectivity index is 1.17. The normalized spacial score (nSPS) is 16.8. The topological polar surface area (TPSA) is 0 Å². The van der Waals surface area contributed by atoms with Crippen molar-refractivity contribution in [1.82, 2.24) is 0 Å². The van der Waals surface area contributed by atoms with Crippen molar-refractivity contribution in [3.63, 3.8) is 0 Å². The summed E-state index contributed by atoms with van der Waals surface area (Å²) in [6.45, 7) is 9.51. The monoisotopic (exact) mass is 664 g/mol. The summed E-state index contributed by atoms with van der Waals surface area (Å²) in [6.07, 6.45) is 5.14. The summed E-state index contributed by atoms with van der Waals surface area (Å²) >= 11 is 0. The van der Waals surface area contributed by atoms with Gasteiger partial charge < -0.3 is 0 Å². The van der Waals surface area contributed by atoms with Crippen molar-refractivity contribution >= 4 is 45.6 Å². The average molecular weight is 665 g/mol. The molecule has 1 saturated carbocycles. The Kier molecular flexibility index (Phi) is 6.14. The summed E-state index contributed by atoms with van der Waals surface area (Å²) in [4.78, 5) is 0. The minimum atomic E-state index is -0.0614. The molecule has 0 unspecified atom stereocenters. The molecule has 2 radical (unpaired) electrons. The highest BCUT2D eigenvalue weighted by atomic mass is 14.4. The zero-order chi connectivity index (χ0) is 35.1. The molecule has 0 heterocycles. The molecule has 0 bridgehead atoms. The smallest absolute Gasteiger partial charge is 0.0883 e. The van der Waals surface area contributed by atoms with Crippen LogP contribution in [0.4, 0.5) is 0 Å². The van der Waals surface area contributed by atoms with Crippen LogP contribution in [0.25, 0.3) is 76.8 Å². The average Bonchev–Trinajstić information content (AvgIpc) is 3.84. The maximum atomic E-state index is 7.08. The lowest BCUT2D eigenvalue weighted by Crippen LogP contribution is -2.15. The van der Waals surface area contributed by atoms with E-state index in [1.165, 1.54) is 125 Å². The molecule has 3 aliphatic carbocycles. The quantitative estimate of drug-likeness (QED) is 0.130. The van der Waals surface area contributed by atoms with Crippen molar-refractivity contribution < 1.29 is 0 Å². The molecule has 0 spiro atoms. The predicted octanol–water partition coefficient (Wildman–Crippen LogP) is 13.0. The van der Waals surface area contributed by atoms with Gasteiger partial charge in [0.25, 0.3) is 0 Å². The highest BCUT2D eigenvalue weighted by molar-refractivity contribution is 6.43. The number of fused-ring (bicyclic) bond motifs is 6. The van der Waals surface area contributed by atoms with Crippen LogP contribution >= 0.6 is 0 Å². The van der Waals surface area contributed by atoms with Gasteiger partial charge in [0.05, 0.1) is 0 Å². The first-order chi connectivity index (χ1) is 25.2. The van der Waals surface area contributed by atoms with Gasteiger partial charge in [0.1, 0.15) is 7.85 Å². The van der Waals surface area contributed by atoms with Crippen LogP contribution in [0, 0.1) is 0 Å². The Hall–Kier alpha value is -5.14. The summed E-state index contributed by atoms with van der Waals surface area (Å²) in [5.41, 5.74) is 18.5. The van der Waals surface area contributed by atoms with Gasteiger partial charge in [0, 0.05) is 10.8 Å². The molecule has 11 rings (SSSR count). The first-order valence-corrected chi connectivity index (χ1v) is 19.3. The molecular formula is C51H41B. The van der Waals surface area contributed by atoms with Crippen molar-refractivity contribution in [1.29, 1.82) is 0 Å². The lowest BCUT2D eigenvalue weighted by molar-refractivity contribution is 0.660. The van der Waals surface area contributed by atoms with Crippen molar-refractivity contribution in [2.24, 2.45) is 0 Å². The lowest BCUT2D eigenvalue weighted by Gasteiger charge is -2.24. The van der Waals surface area contributed by atoms with Crippen LogP contribution in [0.15, 0.2) is 121 Å². The minimum Gasteiger partial charge on any atom is -0.0883 e. The van der Waals surface area contributed by atoms with E-state index in [0.717, 1.165) is 10.8 Å². The second kappa shape index (κ2) is 10.5. The van der Waals surface area contributed by atoms with Gasteiger partial charge in [0.2, 0.25) is 0 Å². The third kappa shape index (κ3) is 3.95. The maximum absolute atomic E-state index is 7.08. The van der Waals surface area contributed by atoms with Crippen molar-refractivity contribution in [3.05, 3.63) is 149 Å². The van der Waals surface area contributed by atoms with Crippen molar-refractivity contribution in [2.75, 3.05) is 0 Å². The van der Waals surface area contributed by atoms with Gasteiger partial charge in [-0.2, -0.15) is 0 Å². The Labute approximate surface area is 308 Å². The molecule has 1 heteroatoms. The van der Waals surface area contributed by atoms with Crippen LogP contribution in [0.5, 0.6) is 0 Å². The molecule has 0 aromatic heterocycles. The van der Waals surface area contributed by atoms with Gasteiger partial charge in [-0.25, -0.2) is 0 Å². The fraction of sp³-hybridized carbons (Fsp3) is 0.216. The predicted molar refractivity (Wildman–Crippen MR) is 223 cm³/mol. The fourth-order valence-electron chi connectivity index (χ4n) is 10.8. The summed E-state index contributed by atoms with van der Waals surface area (Å²) < 4.78 is 0. The third-order valence-corrected chi connectivity index (χ3v) is 13.5. The molecular weight excluding hydrogens is 623 g/mol. The summed E-state index contributed by atoms with van der Waals surface area (Å²) in [7, 11) is 7.08. The van der Waals surface area contributed by atoms with E-state index in [0.29, 0.717) is 5.92 Å². The molecule has 8 aromatic rings. The van der Waals surface area contributed by atoms with Gasteiger partial charge in [0.15, 0.2) is 0 Å². The van der Waals surface area contributed by atoms with Gasteiger partial charge in [-0.1, -0.05) is 149 Å². The van der Waals surface area contributed by atoms with Crippen LogP contribution in [0.2, 0.25) is 0 Å². The molecule has 0 amide bonds. The largest absolute Gasteiger partial charge is 0.114 e. The van der Waals surface area contributed by atoms with Gasteiger partial charge in [-0.15, -0.1) is 0 Å². The summed E-state index contributed by atoms with van der Waals surface area (Å²) in [5.74, 6) is 0.579. The van der Waals surface area contributed by atoms with E-state index < -0.39 is 0 Å². The Bertz CT molecular complexity index is 2810. The highest BCUT2D eigenvalue weighted by Gasteiger charge is 2.37. The zero-order valence-corrected chi connectivity index (χ0v) is 30.5. The Morgan fingerprint density at radius 1 is 0.442 bits per heavy atom. The minimum absolute atomic E-state index is 0.0465. The molecule has 52 heavy (non-hydrogen) atoms. The van der Waals surface area contributed by atoms with Gasteiger partial charge in [-0.3, -0.25) is 0 Å². The van der Waals surface area contributed by atoms with Crippen LogP contribution < -0.4 is 5.46 Å². The van der Waals surface area contributed by atoms with E-state index >= 15 is 0 Å². The number of hydrogen-bond donors (Lipinski definition) is 0. The number of hydrogen-bond acceptors (Lipinski definition) is 0. The van der Waals surface area contributed by atoms with E-state index in [1.54, 1.807) is 0 Å². The van der Waals surface area contributed by atoms with E-state index in [4.69, 9.17) is 7.85 Å². The number of rotatable bonds is 3. The Morgan fingerprint density at radius 3 is 1.48 bits per heavy atom. The molecule has 0 atom stereocenters. The Morgan fingerprint density at radius 2 is 0.904 bits per heavy atom. The molecule has 0 nitrogen and oxygen atoms in total. The molecule has 1 fully saturated rings. The van der Waals surface area contributed by atoms with E-state index in [9.17, 15) is 0 Å². The summed E-state index contributed by atoms with van der Waals surface area (Å²) in [5, 5.41) is 7.86. The van der Waals surface area contributed by atoms with Crippen LogP contribution in [0.3, 0.4) is 0 Å². The molecule has 248 valence electrons. The molecule has 0 saturated heterocycles. The van der Waals surface area contributed by atoms with E-state index in [2.05, 4.69) is 149 Å². The van der Waals surface area contributed by atoms with Crippen molar-refractivity contribution in [3.8, 4) is 44.5 Å². The first kappa shape index (κ1) is 30.5. The lowest BCUT2D eigenvalue weighted by atomic mass is 9.77. The molecule has 0 aliphatic heterocycles.